The Bertz CT molecular complexity index is 284. The van der Waals surface area contributed by atoms with E-state index < -0.39 is 6.29 Å². The van der Waals surface area contributed by atoms with Crippen molar-refractivity contribution in [1.29, 1.82) is 0 Å². The molecule has 0 aliphatic rings. The van der Waals surface area contributed by atoms with Gasteiger partial charge in [-0.05, 0) is 31.7 Å². The Morgan fingerprint density at radius 1 is 1.25 bits per heavy atom. The maximum Gasteiger partial charge on any atom is 0.419 e. The molecule has 0 amide bonds. The maximum absolute atomic E-state index is 9.86. The zero-order valence-electron chi connectivity index (χ0n) is 9.52. The molecule has 0 saturated carbocycles. The standard InChI is InChI=1S/C13H17O3/c1-12(16-11-14)15-10-6-5-9-13-7-3-2-4-8-13/h2-4,7-8,12H,5-6,9-10H2,1H3. The third kappa shape index (κ3) is 5.51. The summed E-state index contributed by atoms with van der Waals surface area (Å²) in [6.07, 6.45) is 2.59. The second-order valence-corrected chi connectivity index (χ2v) is 3.58. The molecular weight excluding hydrogens is 204 g/mol. The average Bonchev–Trinajstić information content (AvgIpc) is 2.30. The van der Waals surface area contributed by atoms with Gasteiger partial charge in [-0.25, -0.2) is 4.79 Å². The van der Waals surface area contributed by atoms with E-state index in [0.717, 1.165) is 19.3 Å². The summed E-state index contributed by atoms with van der Waals surface area (Å²) in [6, 6.07) is 10.3. The fourth-order valence-electron chi connectivity index (χ4n) is 1.43. The molecule has 1 atom stereocenters. The fourth-order valence-corrected chi connectivity index (χ4v) is 1.43. The lowest BCUT2D eigenvalue weighted by atomic mass is 10.1. The van der Waals surface area contributed by atoms with E-state index in [1.165, 1.54) is 12.0 Å². The first kappa shape index (κ1) is 12.7. The van der Waals surface area contributed by atoms with Crippen LogP contribution in [0.2, 0.25) is 0 Å². The minimum atomic E-state index is -0.491. The van der Waals surface area contributed by atoms with E-state index in [-0.39, 0.29) is 0 Å². The quantitative estimate of drug-likeness (QED) is 0.499. The van der Waals surface area contributed by atoms with Gasteiger partial charge in [-0.3, -0.25) is 0 Å². The molecule has 0 fully saturated rings. The summed E-state index contributed by atoms with van der Waals surface area (Å²) < 4.78 is 9.71. The van der Waals surface area contributed by atoms with Gasteiger partial charge in [0, 0.05) is 0 Å². The molecule has 1 unspecified atom stereocenters. The second kappa shape index (κ2) is 7.88. The molecule has 0 aromatic heterocycles. The summed E-state index contributed by atoms with van der Waals surface area (Å²) in [6.45, 7) is 3.65. The zero-order valence-corrected chi connectivity index (χ0v) is 9.52. The Balaban J connectivity index is 2.02. The van der Waals surface area contributed by atoms with E-state index in [9.17, 15) is 4.79 Å². The van der Waals surface area contributed by atoms with Gasteiger partial charge in [-0.15, -0.1) is 0 Å². The highest BCUT2D eigenvalue weighted by Crippen LogP contribution is 2.05. The Kier molecular flexibility index (Phi) is 6.26. The summed E-state index contributed by atoms with van der Waals surface area (Å²) in [5.74, 6) is 0. The predicted molar refractivity (Wildman–Crippen MR) is 61.6 cm³/mol. The Labute approximate surface area is 96.4 Å². The largest absolute Gasteiger partial charge is 0.428 e. The predicted octanol–water partition coefficient (Wildman–Crippen LogP) is 2.46. The van der Waals surface area contributed by atoms with Gasteiger partial charge < -0.3 is 9.47 Å². The van der Waals surface area contributed by atoms with Crippen LogP contribution in [0.1, 0.15) is 25.3 Å². The van der Waals surface area contributed by atoms with Crippen LogP contribution in [0.3, 0.4) is 0 Å². The van der Waals surface area contributed by atoms with Crippen LogP contribution in [0.4, 0.5) is 0 Å². The van der Waals surface area contributed by atoms with Crippen molar-refractivity contribution in [3.8, 4) is 0 Å². The van der Waals surface area contributed by atoms with Crippen LogP contribution in [-0.2, 0) is 20.7 Å². The van der Waals surface area contributed by atoms with E-state index in [1.807, 2.05) is 18.2 Å². The van der Waals surface area contributed by atoms with Crippen molar-refractivity contribution >= 4 is 6.47 Å². The van der Waals surface area contributed by atoms with E-state index in [1.54, 1.807) is 6.92 Å². The normalized spacial score (nSPS) is 12.1. The van der Waals surface area contributed by atoms with Gasteiger partial charge in [-0.2, -0.15) is 0 Å². The molecule has 87 valence electrons. The van der Waals surface area contributed by atoms with Crippen LogP contribution in [0.5, 0.6) is 0 Å². The second-order valence-electron chi connectivity index (χ2n) is 3.58. The number of ether oxygens (including phenoxy) is 2. The molecule has 3 nitrogen and oxygen atoms in total. The number of unbranched alkanes of at least 4 members (excludes halogenated alkanes) is 1. The summed E-state index contributed by atoms with van der Waals surface area (Å²) in [5.41, 5.74) is 1.34. The van der Waals surface area contributed by atoms with Gasteiger partial charge in [0.25, 0.3) is 0 Å². The molecule has 3 heteroatoms. The first-order chi connectivity index (χ1) is 7.83. The molecule has 0 bridgehead atoms. The molecule has 0 aliphatic heterocycles. The van der Waals surface area contributed by atoms with Crippen LogP contribution in [-0.4, -0.2) is 19.4 Å². The summed E-state index contributed by atoms with van der Waals surface area (Å²) >= 11 is 0. The molecule has 1 aromatic rings. The van der Waals surface area contributed by atoms with E-state index >= 15 is 0 Å². The van der Waals surface area contributed by atoms with Crippen molar-refractivity contribution in [3.63, 3.8) is 0 Å². The summed E-state index contributed by atoms with van der Waals surface area (Å²) in [5, 5.41) is 0. The van der Waals surface area contributed by atoms with Gasteiger partial charge in [0.05, 0.1) is 6.61 Å². The van der Waals surface area contributed by atoms with Crippen molar-refractivity contribution in [2.24, 2.45) is 0 Å². The molecule has 1 rings (SSSR count). The lowest BCUT2D eigenvalue weighted by Gasteiger charge is -2.09. The van der Waals surface area contributed by atoms with Gasteiger partial charge in [0.15, 0.2) is 0 Å². The molecule has 0 N–H and O–H groups in total. The third-order valence-electron chi connectivity index (χ3n) is 2.27. The first-order valence-electron chi connectivity index (χ1n) is 5.51. The maximum atomic E-state index is 9.86. The molecule has 0 aliphatic carbocycles. The highest BCUT2D eigenvalue weighted by molar-refractivity contribution is 5.38. The number of benzene rings is 1. The van der Waals surface area contributed by atoms with Crippen molar-refractivity contribution < 1.29 is 14.3 Å². The summed E-state index contributed by atoms with van der Waals surface area (Å²) in [7, 11) is 0. The van der Waals surface area contributed by atoms with Crippen molar-refractivity contribution in [1.82, 2.24) is 0 Å². The Hall–Kier alpha value is -1.35. The first-order valence-corrected chi connectivity index (χ1v) is 5.51. The van der Waals surface area contributed by atoms with E-state index in [4.69, 9.17) is 4.74 Å². The Morgan fingerprint density at radius 3 is 2.69 bits per heavy atom. The minimum absolute atomic E-state index is 0.491. The van der Waals surface area contributed by atoms with Crippen molar-refractivity contribution in [2.45, 2.75) is 32.5 Å². The van der Waals surface area contributed by atoms with Crippen LogP contribution in [0, 0.1) is 0 Å². The number of aryl methyl sites for hydroxylation is 1. The molecule has 0 spiro atoms. The highest BCUT2D eigenvalue weighted by Gasteiger charge is 2.00. The van der Waals surface area contributed by atoms with Crippen LogP contribution < -0.4 is 0 Å². The lowest BCUT2D eigenvalue weighted by Crippen LogP contribution is -2.12. The smallest absolute Gasteiger partial charge is 0.419 e. The lowest BCUT2D eigenvalue weighted by molar-refractivity contribution is -0.0765. The van der Waals surface area contributed by atoms with Gasteiger partial charge in [-0.1, -0.05) is 30.3 Å². The monoisotopic (exact) mass is 221 g/mol. The topological polar surface area (TPSA) is 35.5 Å². The summed E-state index contributed by atoms with van der Waals surface area (Å²) in [4.78, 5) is 9.86. The fraction of sp³-hybridized carbons (Fsp3) is 0.462. The number of rotatable bonds is 8. The van der Waals surface area contributed by atoms with Crippen LogP contribution >= 0.6 is 0 Å². The van der Waals surface area contributed by atoms with E-state index in [0.29, 0.717) is 6.61 Å². The molecule has 1 aromatic carbocycles. The SMILES string of the molecule is CC(O[C]=O)OCCCCc1ccccc1. The van der Waals surface area contributed by atoms with E-state index in [2.05, 4.69) is 16.9 Å². The van der Waals surface area contributed by atoms with Crippen LogP contribution in [0.25, 0.3) is 0 Å². The number of carbonyl (C=O) groups excluding carboxylic acids is 1. The Morgan fingerprint density at radius 2 is 2.00 bits per heavy atom. The van der Waals surface area contributed by atoms with Gasteiger partial charge in [0.2, 0.25) is 6.29 Å². The number of hydrogen-bond donors (Lipinski definition) is 0. The van der Waals surface area contributed by atoms with Crippen molar-refractivity contribution in [3.05, 3.63) is 35.9 Å². The third-order valence-corrected chi connectivity index (χ3v) is 2.27. The van der Waals surface area contributed by atoms with Crippen molar-refractivity contribution in [2.75, 3.05) is 6.61 Å². The average molecular weight is 221 g/mol. The van der Waals surface area contributed by atoms with Gasteiger partial charge >= 0.3 is 6.47 Å². The molecular formula is C13H17O3. The molecule has 16 heavy (non-hydrogen) atoms. The zero-order chi connectivity index (χ0) is 11.6. The molecule has 1 radical (unpaired) electrons. The molecule has 0 saturated heterocycles. The molecule has 0 heterocycles. The number of hydrogen-bond acceptors (Lipinski definition) is 3. The highest BCUT2D eigenvalue weighted by atomic mass is 16.7. The van der Waals surface area contributed by atoms with Crippen LogP contribution in [0.15, 0.2) is 30.3 Å². The minimum Gasteiger partial charge on any atom is -0.428 e. The van der Waals surface area contributed by atoms with Gasteiger partial charge in [0.1, 0.15) is 0 Å².